The summed E-state index contributed by atoms with van der Waals surface area (Å²) in [6, 6.07) is 0. The molecule has 1 heterocycles. The summed E-state index contributed by atoms with van der Waals surface area (Å²) in [5.74, 6) is 0. The van der Waals surface area contributed by atoms with Gasteiger partial charge in [0.05, 0.1) is 13.2 Å². The first kappa shape index (κ1) is 7.54. The number of hydrogen-bond acceptors (Lipinski definition) is 2. The third-order valence-electron chi connectivity index (χ3n) is 1.71. The molecule has 3 nitrogen and oxygen atoms in total. The summed E-state index contributed by atoms with van der Waals surface area (Å²) < 4.78 is 5.04. The molecule has 0 aliphatic carbocycles. The van der Waals surface area contributed by atoms with E-state index >= 15 is 0 Å². The van der Waals surface area contributed by atoms with Crippen molar-refractivity contribution in [2.45, 2.75) is 6.92 Å². The summed E-state index contributed by atoms with van der Waals surface area (Å²) in [5.41, 5.74) is 0.218. The number of carbonyl (C=O) groups excluding carboxylic acids is 1. The summed E-state index contributed by atoms with van der Waals surface area (Å²) in [6.45, 7) is 4.49. The van der Waals surface area contributed by atoms with Gasteiger partial charge in [0.1, 0.15) is 0 Å². The van der Waals surface area contributed by atoms with Crippen molar-refractivity contribution in [2.75, 3.05) is 26.8 Å². The molecule has 1 amide bonds. The van der Waals surface area contributed by atoms with Crippen molar-refractivity contribution in [3.8, 4) is 0 Å². The Morgan fingerprint density at radius 2 is 2.30 bits per heavy atom. The normalized spacial score (nSPS) is 21.4. The van der Waals surface area contributed by atoms with E-state index in [-0.39, 0.29) is 5.41 Å². The molecule has 0 unspecified atom stereocenters. The summed E-state index contributed by atoms with van der Waals surface area (Å²) in [7, 11) is 1.79. The van der Waals surface area contributed by atoms with E-state index in [1.165, 1.54) is 0 Å². The molecule has 1 aliphatic heterocycles. The van der Waals surface area contributed by atoms with Crippen molar-refractivity contribution < 1.29 is 9.53 Å². The molecule has 3 heteroatoms. The summed E-state index contributed by atoms with van der Waals surface area (Å²) in [4.78, 5) is 11.9. The molecule has 1 rings (SSSR count). The van der Waals surface area contributed by atoms with Crippen LogP contribution in [0.5, 0.6) is 0 Å². The smallest absolute Gasteiger partial charge is 0.209 e. The van der Waals surface area contributed by atoms with Gasteiger partial charge in [0.15, 0.2) is 0 Å². The highest BCUT2D eigenvalue weighted by atomic mass is 16.5. The topological polar surface area (TPSA) is 29.5 Å². The monoisotopic (exact) mass is 143 g/mol. The number of ether oxygens (including phenoxy) is 1. The molecule has 10 heavy (non-hydrogen) atoms. The molecule has 0 atom stereocenters. The van der Waals surface area contributed by atoms with Crippen LogP contribution in [-0.2, 0) is 9.53 Å². The lowest BCUT2D eigenvalue weighted by atomic mass is 9.88. The van der Waals surface area contributed by atoms with E-state index in [1.807, 2.05) is 0 Å². The van der Waals surface area contributed by atoms with E-state index in [0.717, 1.165) is 26.2 Å². The van der Waals surface area contributed by atoms with E-state index in [1.54, 1.807) is 11.9 Å². The maximum atomic E-state index is 10.2. The minimum Gasteiger partial charge on any atom is -0.380 e. The Morgan fingerprint density at radius 3 is 2.60 bits per heavy atom. The zero-order chi connectivity index (χ0) is 7.61. The van der Waals surface area contributed by atoms with Crippen LogP contribution in [0.1, 0.15) is 6.92 Å². The Balaban J connectivity index is 2.29. The maximum Gasteiger partial charge on any atom is 0.209 e. The zero-order valence-electron chi connectivity index (χ0n) is 6.46. The third kappa shape index (κ3) is 1.48. The molecule has 0 spiro atoms. The van der Waals surface area contributed by atoms with Crippen molar-refractivity contribution in [3.63, 3.8) is 0 Å². The molecular formula is C7H13NO2. The van der Waals surface area contributed by atoms with Gasteiger partial charge >= 0.3 is 0 Å². The van der Waals surface area contributed by atoms with Crippen LogP contribution in [-0.4, -0.2) is 38.1 Å². The zero-order valence-corrected chi connectivity index (χ0v) is 6.46. The largest absolute Gasteiger partial charge is 0.380 e. The van der Waals surface area contributed by atoms with Crippen molar-refractivity contribution >= 4 is 6.41 Å². The third-order valence-corrected chi connectivity index (χ3v) is 1.71. The minimum atomic E-state index is 0.218. The van der Waals surface area contributed by atoms with Gasteiger partial charge in [-0.25, -0.2) is 0 Å². The van der Waals surface area contributed by atoms with Gasteiger partial charge in [0.2, 0.25) is 6.41 Å². The van der Waals surface area contributed by atoms with Crippen LogP contribution >= 0.6 is 0 Å². The Kier molecular flexibility index (Phi) is 1.94. The Hall–Kier alpha value is -0.570. The second-order valence-corrected chi connectivity index (χ2v) is 3.32. The first-order chi connectivity index (χ1) is 4.66. The molecule has 0 bridgehead atoms. The highest BCUT2D eigenvalue weighted by Crippen LogP contribution is 2.26. The van der Waals surface area contributed by atoms with Crippen molar-refractivity contribution in [2.24, 2.45) is 5.41 Å². The number of carbonyl (C=O) groups is 1. The lowest BCUT2D eigenvalue weighted by Crippen LogP contribution is -2.47. The fraction of sp³-hybridized carbons (Fsp3) is 0.857. The lowest BCUT2D eigenvalue weighted by Gasteiger charge is -2.39. The Labute approximate surface area is 61.0 Å². The summed E-state index contributed by atoms with van der Waals surface area (Å²) in [5, 5.41) is 0. The Bertz CT molecular complexity index is 132. The fourth-order valence-corrected chi connectivity index (χ4v) is 1.18. The molecule has 58 valence electrons. The number of hydrogen-bond donors (Lipinski definition) is 0. The van der Waals surface area contributed by atoms with Crippen LogP contribution in [0.15, 0.2) is 0 Å². The molecule has 0 aromatic carbocycles. The van der Waals surface area contributed by atoms with Gasteiger partial charge in [0, 0.05) is 19.0 Å². The predicted molar refractivity (Wildman–Crippen MR) is 37.6 cm³/mol. The first-order valence-corrected chi connectivity index (χ1v) is 3.40. The van der Waals surface area contributed by atoms with Gasteiger partial charge in [-0.1, -0.05) is 6.92 Å². The molecule has 1 aliphatic rings. The number of rotatable bonds is 3. The molecular weight excluding hydrogens is 130 g/mol. The number of amides is 1. The lowest BCUT2D eigenvalue weighted by molar-refractivity contribution is -0.131. The van der Waals surface area contributed by atoms with E-state index in [4.69, 9.17) is 4.74 Å². The second-order valence-electron chi connectivity index (χ2n) is 3.32. The van der Waals surface area contributed by atoms with Gasteiger partial charge in [-0.05, 0) is 0 Å². The predicted octanol–water partition coefficient (Wildman–Crippen LogP) is 0.111. The standard InChI is InChI=1S/C7H13NO2/c1-7(4-10-5-7)3-8(2)6-9/h6H,3-5H2,1-2H3. The molecule has 0 radical (unpaired) electrons. The molecule has 0 saturated carbocycles. The van der Waals surface area contributed by atoms with Crippen LogP contribution in [0, 0.1) is 5.41 Å². The van der Waals surface area contributed by atoms with Crippen molar-refractivity contribution in [1.82, 2.24) is 4.90 Å². The van der Waals surface area contributed by atoms with Crippen LogP contribution < -0.4 is 0 Å². The highest BCUT2D eigenvalue weighted by Gasteiger charge is 2.34. The van der Waals surface area contributed by atoms with Crippen LogP contribution in [0.3, 0.4) is 0 Å². The molecule has 1 saturated heterocycles. The summed E-state index contributed by atoms with van der Waals surface area (Å²) >= 11 is 0. The van der Waals surface area contributed by atoms with E-state index in [9.17, 15) is 4.79 Å². The number of nitrogens with zero attached hydrogens (tertiary/aromatic N) is 1. The van der Waals surface area contributed by atoms with Crippen LogP contribution in [0.25, 0.3) is 0 Å². The van der Waals surface area contributed by atoms with Crippen LogP contribution in [0.2, 0.25) is 0 Å². The van der Waals surface area contributed by atoms with Crippen molar-refractivity contribution in [1.29, 1.82) is 0 Å². The van der Waals surface area contributed by atoms with E-state index in [2.05, 4.69) is 6.92 Å². The van der Waals surface area contributed by atoms with E-state index < -0.39 is 0 Å². The van der Waals surface area contributed by atoms with Gasteiger partial charge in [0.25, 0.3) is 0 Å². The molecule has 0 N–H and O–H groups in total. The highest BCUT2D eigenvalue weighted by molar-refractivity contribution is 5.46. The average molecular weight is 143 g/mol. The quantitative estimate of drug-likeness (QED) is 0.525. The van der Waals surface area contributed by atoms with Gasteiger partial charge in [-0.15, -0.1) is 0 Å². The van der Waals surface area contributed by atoms with Crippen molar-refractivity contribution in [3.05, 3.63) is 0 Å². The van der Waals surface area contributed by atoms with Crippen LogP contribution in [0.4, 0.5) is 0 Å². The molecule has 1 fully saturated rings. The maximum absolute atomic E-state index is 10.2. The second kappa shape index (κ2) is 2.58. The van der Waals surface area contributed by atoms with Gasteiger partial charge in [-0.3, -0.25) is 4.79 Å². The first-order valence-electron chi connectivity index (χ1n) is 3.40. The minimum absolute atomic E-state index is 0.218. The molecule has 0 aromatic rings. The Morgan fingerprint density at radius 1 is 1.70 bits per heavy atom. The average Bonchev–Trinajstić information content (AvgIpc) is 1.84. The summed E-state index contributed by atoms with van der Waals surface area (Å²) in [6.07, 6.45) is 0.851. The SMILES string of the molecule is CN(C=O)CC1(C)COC1. The van der Waals surface area contributed by atoms with Gasteiger partial charge < -0.3 is 9.64 Å². The van der Waals surface area contributed by atoms with E-state index in [0.29, 0.717) is 0 Å². The fourth-order valence-electron chi connectivity index (χ4n) is 1.18. The molecule has 0 aromatic heterocycles. The van der Waals surface area contributed by atoms with Gasteiger partial charge in [-0.2, -0.15) is 0 Å².